The van der Waals surface area contributed by atoms with Crippen molar-refractivity contribution >= 4 is 33.2 Å². The third-order valence-electron chi connectivity index (χ3n) is 4.02. The van der Waals surface area contributed by atoms with Gasteiger partial charge in [-0.3, -0.25) is 9.59 Å². The van der Waals surface area contributed by atoms with E-state index in [0.29, 0.717) is 13.1 Å². The molecule has 1 aliphatic heterocycles. The van der Waals surface area contributed by atoms with Crippen LogP contribution < -0.4 is 10.0 Å². The van der Waals surface area contributed by atoms with Crippen LogP contribution >= 0.6 is 11.3 Å². The first-order valence-corrected chi connectivity index (χ1v) is 10.3. The van der Waals surface area contributed by atoms with Gasteiger partial charge in [0.1, 0.15) is 4.21 Å². The van der Waals surface area contributed by atoms with Gasteiger partial charge in [0, 0.05) is 20.0 Å². The van der Waals surface area contributed by atoms with Crippen LogP contribution in [0.4, 0.5) is 0 Å². The van der Waals surface area contributed by atoms with E-state index in [1.165, 1.54) is 13.0 Å². The Morgan fingerprint density at radius 2 is 2.12 bits per heavy atom. The van der Waals surface area contributed by atoms with E-state index < -0.39 is 10.0 Å². The third-order valence-corrected chi connectivity index (χ3v) is 6.81. The van der Waals surface area contributed by atoms with Crippen LogP contribution in [0.25, 0.3) is 0 Å². The lowest BCUT2D eigenvalue weighted by atomic mass is 9.98. The molecular weight excluding hydrogens is 350 g/mol. The Bertz CT molecular complexity index is 673. The standard InChI is InChI=1S/C15H23N3O4S2/c1-3-5-12-9-18(10-13(12)17-11(2)19)14(20)8-16-24(21,22)15-6-4-7-23-15/h4,6-7,12-13,16H,3,5,8-10H2,1-2H3,(H,17,19)/t12-,13-/m1/s1. The minimum absolute atomic E-state index is 0.0692. The predicted molar refractivity (Wildman–Crippen MR) is 92.1 cm³/mol. The quantitative estimate of drug-likeness (QED) is 0.739. The van der Waals surface area contributed by atoms with Gasteiger partial charge in [-0.1, -0.05) is 19.4 Å². The van der Waals surface area contributed by atoms with Crippen molar-refractivity contribution in [3.8, 4) is 0 Å². The molecule has 0 saturated carbocycles. The molecule has 0 bridgehead atoms. The van der Waals surface area contributed by atoms with Crippen molar-refractivity contribution in [3.05, 3.63) is 17.5 Å². The molecule has 24 heavy (non-hydrogen) atoms. The molecule has 1 aromatic heterocycles. The van der Waals surface area contributed by atoms with Crippen molar-refractivity contribution in [2.24, 2.45) is 5.92 Å². The van der Waals surface area contributed by atoms with Gasteiger partial charge >= 0.3 is 0 Å². The summed E-state index contributed by atoms with van der Waals surface area (Å²) in [6, 6.07) is 3.08. The van der Waals surface area contributed by atoms with Crippen LogP contribution in [0, 0.1) is 5.92 Å². The van der Waals surface area contributed by atoms with Crippen molar-refractivity contribution in [2.45, 2.75) is 36.9 Å². The van der Waals surface area contributed by atoms with Crippen LogP contribution in [0.3, 0.4) is 0 Å². The molecule has 0 radical (unpaired) electrons. The summed E-state index contributed by atoms with van der Waals surface area (Å²) in [5.74, 6) is -0.186. The molecule has 0 aliphatic carbocycles. The minimum Gasteiger partial charge on any atom is -0.351 e. The molecule has 0 aromatic carbocycles. The largest absolute Gasteiger partial charge is 0.351 e. The highest BCUT2D eigenvalue weighted by Crippen LogP contribution is 2.22. The van der Waals surface area contributed by atoms with E-state index in [-0.39, 0.29) is 34.5 Å². The van der Waals surface area contributed by atoms with E-state index in [1.807, 2.05) is 0 Å². The first kappa shape index (κ1) is 18.9. The van der Waals surface area contributed by atoms with E-state index in [4.69, 9.17) is 0 Å². The summed E-state index contributed by atoms with van der Waals surface area (Å²) in [5, 5.41) is 4.56. The van der Waals surface area contributed by atoms with Gasteiger partial charge in [0.05, 0.1) is 12.6 Å². The Morgan fingerprint density at radius 1 is 1.38 bits per heavy atom. The zero-order valence-corrected chi connectivity index (χ0v) is 15.5. The Labute approximate surface area is 146 Å². The zero-order valence-electron chi connectivity index (χ0n) is 13.8. The lowest BCUT2D eigenvalue weighted by Gasteiger charge is -2.17. The van der Waals surface area contributed by atoms with Gasteiger partial charge in [-0.2, -0.15) is 0 Å². The molecule has 2 atom stereocenters. The highest BCUT2D eigenvalue weighted by molar-refractivity contribution is 7.91. The maximum absolute atomic E-state index is 12.3. The Morgan fingerprint density at radius 3 is 2.71 bits per heavy atom. The van der Waals surface area contributed by atoms with E-state index in [9.17, 15) is 18.0 Å². The molecule has 7 nitrogen and oxygen atoms in total. The number of amides is 2. The lowest BCUT2D eigenvalue weighted by molar-refractivity contribution is -0.129. The van der Waals surface area contributed by atoms with Gasteiger partial charge < -0.3 is 10.2 Å². The Kier molecular flexibility index (Phi) is 6.36. The predicted octanol–water partition coefficient (Wildman–Crippen LogP) is 0.790. The van der Waals surface area contributed by atoms with E-state index in [1.54, 1.807) is 16.3 Å². The second-order valence-corrected chi connectivity index (χ2v) is 8.85. The highest BCUT2D eigenvalue weighted by Gasteiger charge is 2.35. The van der Waals surface area contributed by atoms with Gasteiger partial charge in [-0.05, 0) is 23.8 Å². The molecule has 134 valence electrons. The number of hydrogen-bond donors (Lipinski definition) is 2. The number of carbonyl (C=O) groups is 2. The molecule has 9 heteroatoms. The molecule has 1 fully saturated rings. The van der Waals surface area contributed by atoms with E-state index >= 15 is 0 Å². The van der Waals surface area contributed by atoms with Gasteiger partial charge in [0.2, 0.25) is 11.8 Å². The topological polar surface area (TPSA) is 95.6 Å². The fraction of sp³-hybridized carbons (Fsp3) is 0.600. The normalized spacial score (nSPS) is 21.0. The van der Waals surface area contributed by atoms with Gasteiger partial charge in [-0.25, -0.2) is 13.1 Å². The van der Waals surface area contributed by atoms with Crippen LogP contribution in [0.5, 0.6) is 0 Å². The second-order valence-electron chi connectivity index (χ2n) is 5.91. The Balaban J connectivity index is 1.94. The molecule has 2 rings (SSSR count). The van der Waals surface area contributed by atoms with Crippen molar-refractivity contribution in [3.63, 3.8) is 0 Å². The van der Waals surface area contributed by atoms with Gasteiger partial charge in [-0.15, -0.1) is 11.3 Å². The molecule has 2 amide bonds. The summed E-state index contributed by atoms with van der Waals surface area (Å²) in [6.07, 6.45) is 1.88. The summed E-state index contributed by atoms with van der Waals surface area (Å²) in [4.78, 5) is 25.3. The van der Waals surface area contributed by atoms with Crippen molar-refractivity contribution in [2.75, 3.05) is 19.6 Å². The molecular formula is C15H23N3O4S2. The Hall–Kier alpha value is -1.45. The molecule has 1 saturated heterocycles. The van der Waals surface area contributed by atoms with Crippen LogP contribution in [0.1, 0.15) is 26.7 Å². The molecule has 1 aliphatic rings. The maximum atomic E-state index is 12.3. The minimum atomic E-state index is -3.65. The third kappa shape index (κ3) is 4.78. The smallest absolute Gasteiger partial charge is 0.250 e. The first-order chi connectivity index (χ1) is 11.3. The van der Waals surface area contributed by atoms with Gasteiger partial charge in [0.25, 0.3) is 10.0 Å². The number of carbonyl (C=O) groups excluding carboxylic acids is 2. The number of rotatable bonds is 7. The summed E-state index contributed by atoms with van der Waals surface area (Å²) in [6.45, 7) is 4.21. The second kappa shape index (κ2) is 8.09. The zero-order chi connectivity index (χ0) is 17.7. The van der Waals surface area contributed by atoms with Crippen LogP contribution in [0.15, 0.2) is 21.7 Å². The number of thiophene rings is 1. The fourth-order valence-electron chi connectivity index (χ4n) is 2.92. The number of hydrogen-bond acceptors (Lipinski definition) is 5. The maximum Gasteiger partial charge on any atom is 0.250 e. The SMILES string of the molecule is CCC[C@@H]1CN(C(=O)CNS(=O)(=O)c2cccs2)C[C@H]1NC(C)=O. The average Bonchev–Trinajstić information content (AvgIpc) is 3.16. The molecule has 1 aromatic rings. The van der Waals surface area contributed by atoms with E-state index in [2.05, 4.69) is 17.0 Å². The fourth-order valence-corrected chi connectivity index (χ4v) is 4.93. The molecule has 2 N–H and O–H groups in total. The molecule has 2 heterocycles. The van der Waals surface area contributed by atoms with Gasteiger partial charge in [0.15, 0.2) is 0 Å². The van der Waals surface area contributed by atoms with E-state index in [0.717, 1.165) is 24.2 Å². The van der Waals surface area contributed by atoms with Crippen molar-refractivity contribution in [1.29, 1.82) is 0 Å². The number of sulfonamides is 1. The summed E-state index contributed by atoms with van der Waals surface area (Å²) < 4.78 is 26.7. The average molecular weight is 374 g/mol. The number of nitrogens with one attached hydrogen (secondary N) is 2. The number of likely N-dealkylation sites (tertiary alicyclic amines) is 1. The van der Waals surface area contributed by atoms with Crippen molar-refractivity contribution < 1.29 is 18.0 Å². The summed E-state index contributed by atoms with van der Waals surface area (Å²) in [7, 11) is -3.65. The monoisotopic (exact) mass is 373 g/mol. The molecule has 0 spiro atoms. The summed E-state index contributed by atoms with van der Waals surface area (Å²) >= 11 is 1.11. The number of nitrogens with zero attached hydrogens (tertiary/aromatic N) is 1. The highest BCUT2D eigenvalue weighted by atomic mass is 32.2. The lowest BCUT2D eigenvalue weighted by Crippen LogP contribution is -2.42. The van der Waals surface area contributed by atoms with Crippen LogP contribution in [0.2, 0.25) is 0 Å². The first-order valence-electron chi connectivity index (χ1n) is 7.91. The van der Waals surface area contributed by atoms with Crippen molar-refractivity contribution in [1.82, 2.24) is 14.9 Å². The summed E-state index contributed by atoms with van der Waals surface area (Å²) in [5.41, 5.74) is 0. The van der Waals surface area contributed by atoms with Crippen LogP contribution in [-0.4, -0.2) is 50.8 Å². The van der Waals surface area contributed by atoms with Crippen LogP contribution in [-0.2, 0) is 19.6 Å². The molecule has 0 unspecified atom stereocenters.